The van der Waals surface area contributed by atoms with Crippen molar-refractivity contribution in [2.24, 2.45) is 0 Å². The number of alkyl halides is 1. The lowest BCUT2D eigenvalue weighted by molar-refractivity contribution is 0.619. The predicted molar refractivity (Wildman–Crippen MR) is 72.1 cm³/mol. The Kier molecular flexibility index (Phi) is 3.85. The quantitative estimate of drug-likeness (QED) is 0.785. The molecule has 88 valence electrons. The lowest BCUT2D eigenvalue weighted by Gasteiger charge is -2.30. The largest absolute Gasteiger partial charge is 0.351 e. The molecule has 0 saturated carbocycles. The van der Waals surface area contributed by atoms with Crippen LogP contribution >= 0.6 is 15.9 Å². The zero-order valence-electron chi connectivity index (χ0n) is 9.99. The predicted octanol–water partition coefficient (Wildman–Crippen LogP) is 3.74. The first-order valence-corrected chi connectivity index (χ1v) is 7.18. The molecule has 2 nitrogen and oxygen atoms in total. The summed E-state index contributed by atoms with van der Waals surface area (Å²) in [5.41, 5.74) is 1.30. The minimum atomic E-state index is 0.623. The Labute approximate surface area is 106 Å². The molecule has 2 heterocycles. The molecule has 2 rings (SSSR count). The van der Waals surface area contributed by atoms with Crippen LogP contribution in [0, 0.1) is 0 Å². The Morgan fingerprint density at radius 2 is 2.31 bits per heavy atom. The molecule has 0 aromatic carbocycles. The van der Waals surface area contributed by atoms with Gasteiger partial charge in [0.05, 0.1) is 0 Å². The van der Waals surface area contributed by atoms with Crippen LogP contribution in [0.4, 0.5) is 5.82 Å². The van der Waals surface area contributed by atoms with Crippen LogP contribution in [0.5, 0.6) is 0 Å². The summed E-state index contributed by atoms with van der Waals surface area (Å²) in [7, 11) is 0. The van der Waals surface area contributed by atoms with Gasteiger partial charge >= 0.3 is 0 Å². The van der Waals surface area contributed by atoms with E-state index in [1.54, 1.807) is 0 Å². The molecular formula is C13H19BrN2. The van der Waals surface area contributed by atoms with E-state index in [2.05, 4.69) is 45.7 Å². The first-order valence-electron chi connectivity index (χ1n) is 6.06. The molecule has 1 aromatic rings. The van der Waals surface area contributed by atoms with Gasteiger partial charge in [-0.2, -0.15) is 0 Å². The van der Waals surface area contributed by atoms with Gasteiger partial charge in [0.1, 0.15) is 5.82 Å². The normalized spacial score (nSPS) is 25.1. The molecule has 2 atom stereocenters. The van der Waals surface area contributed by atoms with E-state index in [0.717, 1.165) is 5.33 Å². The number of halogens is 1. The maximum atomic E-state index is 4.58. The summed E-state index contributed by atoms with van der Waals surface area (Å²) in [6.45, 7) is 4.58. The first-order chi connectivity index (χ1) is 7.77. The second kappa shape index (κ2) is 5.17. The monoisotopic (exact) mass is 282 g/mol. The Balaban J connectivity index is 2.34. The van der Waals surface area contributed by atoms with E-state index in [1.165, 1.54) is 30.6 Å². The summed E-state index contributed by atoms with van der Waals surface area (Å²) in [4.78, 5) is 7.09. The molecule has 16 heavy (non-hydrogen) atoms. The van der Waals surface area contributed by atoms with Crippen LogP contribution in [0.25, 0.3) is 0 Å². The van der Waals surface area contributed by atoms with Gasteiger partial charge in [0.2, 0.25) is 0 Å². The van der Waals surface area contributed by atoms with Gasteiger partial charge in [-0.1, -0.05) is 28.9 Å². The fraction of sp³-hybridized carbons (Fsp3) is 0.615. The number of anilines is 1. The van der Waals surface area contributed by atoms with Crippen LogP contribution in [-0.2, 0) is 5.33 Å². The zero-order chi connectivity index (χ0) is 11.5. The van der Waals surface area contributed by atoms with Gasteiger partial charge in [0.25, 0.3) is 0 Å². The topological polar surface area (TPSA) is 16.1 Å². The maximum Gasteiger partial charge on any atom is 0.133 e. The van der Waals surface area contributed by atoms with Crippen molar-refractivity contribution in [2.75, 3.05) is 4.90 Å². The third-order valence-corrected chi connectivity index (χ3v) is 4.12. The van der Waals surface area contributed by atoms with Crippen LogP contribution in [0.3, 0.4) is 0 Å². The molecule has 1 fully saturated rings. The number of hydrogen-bond acceptors (Lipinski definition) is 2. The minimum absolute atomic E-state index is 0.623. The third kappa shape index (κ3) is 2.10. The van der Waals surface area contributed by atoms with Crippen molar-refractivity contribution in [2.45, 2.75) is 50.5 Å². The summed E-state index contributed by atoms with van der Waals surface area (Å²) in [6, 6.07) is 5.47. The molecule has 0 spiro atoms. The van der Waals surface area contributed by atoms with Crippen molar-refractivity contribution in [3.8, 4) is 0 Å². The Bertz CT molecular complexity index is 354. The molecule has 0 bridgehead atoms. The highest BCUT2D eigenvalue weighted by Crippen LogP contribution is 2.33. The highest BCUT2D eigenvalue weighted by Gasteiger charge is 2.31. The molecule has 1 saturated heterocycles. The summed E-state index contributed by atoms with van der Waals surface area (Å²) < 4.78 is 0. The maximum absolute atomic E-state index is 4.58. The molecule has 0 radical (unpaired) electrons. The van der Waals surface area contributed by atoms with E-state index < -0.39 is 0 Å². The van der Waals surface area contributed by atoms with E-state index in [1.807, 2.05) is 12.3 Å². The summed E-state index contributed by atoms with van der Waals surface area (Å²) in [5, 5.41) is 0.885. The van der Waals surface area contributed by atoms with Crippen molar-refractivity contribution >= 4 is 21.7 Å². The molecule has 1 aliphatic rings. The van der Waals surface area contributed by atoms with Crippen LogP contribution in [-0.4, -0.2) is 17.1 Å². The van der Waals surface area contributed by atoms with Gasteiger partial charge in [0.15, 0.2) is 0 Å². The number of rotatable bonds is 3. The number of pyridine rings is 1. The van der Waals surface area contributed by atoms with E-state index in [4.69, 9.17) is 0 Å². The van der Waals surface area contributed by atoms with Gasteiger partial charge in [-0.25, -0.2) is 4.98 Å². The molecule has 3 heteroatoms. The molecule has 0 N–H and O–H groups in total. The van der Waals surface area contributed by atoms with Gasteiger partial charge in [0, 0.05) is 29.2 Å². The Morgan fingerprint density at radius 3 is 3.00 bits per heavy atom. The Morgan fingerprint density at radius 1 is 1.50 bits per heavy atom. The van der Waals surface area contributed by atoms with Crippen molar-refractivity contribution in [1.29, 1.82) is 0 Å². The van der Waals surface area contributed by atoms with Crippen molar-refractivity contribution in [3.63, 3.8) is 0 Å². The van der Waals surface area contributed by atoms with Crippen LogP contribution in [0.1, 0.15) is 38.7 Å². The smallest absolute Gasteiger partial charge is 0.133 e. The van der Waals surface area contributed by atoms with Crippen LogP contribution in [0.2, 0.25) is 0 Å². The SMILES string of the molecule is CCC1CCC(C)N1c1ncccc1CBr. The van der Waals surface area contributed by atoms with E-state index in [9.17, 15) is 0 Å². The second-order valence-electron chi connectivity index (χ2n) is 4.52. The van der Waals surface area contributed by atoms with E-state index in [-0.39, 0.29) is 0 Å². The summed E-state index contributed by atoms with van der Waals surface area (Å²) >= 11 is 3.55. The van der Waals surface area contributed by atoms with Crippen molar-refractivity contribution in [1.82, 2.24) is 4.98 Å². The highest BCUT2D eigenvalue weighted by molar-refractivity contribution is 9.08. The second-order valence-corrected chi connectivity index (χ2v) is 5.08. The van der Waals surface area contributed by atoms with Gasteiger partial charge in [-0.05, 0) is 32.3 Å². The standard InChI is InChI=1S/C13H19BrN2/c1-3-12-7-6-10(2)16(12)13-11(9-14)5-4-8-15-13/h4-5,8,10,12H,3,6-7,9H2,1-2H3. The number of hydrogen-bond donors (Lipinski definition) is 0. The van der Waals surface area contributed by atoms with Gasteiger partial charge < -0.3 is 4.90 Å². The highest BCUT2D eigenvalue weighted by atomic mass is 79.9. The van der Waals surface area contributed by atoms with Gasteiger partial charge in [-0.15, -0.1) is 0 Å². The molecular weight excluding hydrogens is 264 g/mol. The van der Waals surface area contributed by atoms with Crippen LogP contribution in [0.15, 0.2) is 18.3 Å². The summed E-state index contributed by atoms with van der Waals surface area (Å²) in [6.07, 6.45) is 5.70. The van der Waals surface area contributed by atoms with Crippen molar-refractivity contribution < 1.29 is 0 Å². The lowest BCUT2D eigenvalue weighted by atomic mass is 10.1. The minimum Gasteiger partial charge on any atom is -0.351 e. The van der Waals surface area contributed by atoms with Crippen molar-refractivity contribution in [3.05, 3.63) is 23.9 Å². The fourth-order valence-corrected chi connectivity index (χ4v) is 3.06. The molecule has 2 unspecified atom stereocenters. The van der Waals surface area contributed by atoms with E-state index in [0.29, 0.717) is 12.1 Å². The van der Waals surface area contributed by atoms with Gasteiger partial charge in [-0.3, -0.25) is 0 Å². The third-order valence-electron chi connectivity index (χ3n) is 3.51. The molecule has 1 aromatic heterocycles. The average molecular weight is 283 g/mol. The number of aromatic nitrogens is 1. The average Bonchev–Trinajstić information content (AvgIpc) is 2.70. The van der Waals surface area contributed by atoms with E-state index >= 15 is 0 Å². The first kappa shape index (κ1) is 11.9. The molecule has 0 aliphatic carbocycles. The fourth-order valence-electron chi connectivity index (χ4n) is 2.62. The lowest BCUT2D eigenvalue weighted by Crippen LogP contribution is -2.35. The molecule has 1 aliphatic heterocycles. The van der Waals surface area contributed by atoms with Crippen LogP contribution < -0.4 is 4.90 Å². The summed E-state index contributed by atoms with van der Waals surface area (Å²) in [5.74, 6) is 1.18. The zero-order valence-corrected chi connectivity index (χ0v) is 11.6. The molecule has 0 amide bonds. The number of nitrogens with zero attached hydrogens (tertiary/aromatic N) is 2. The Hall–Kier alpha value is -0.570.